The number of rotatable bonds is 3. The van der Waals surface area contributed by atoms with Crippen LogP contribution in [-0.4, -0.2) is 46.3 Å². The van der Waals surface area contributed by atoms with E-state index in [4.69, 9.17) is 0 Å². The Morgan fingerprint density at radius 1 is 1.38 bits per heavy atom. The maximum atomic E-state index is 14.7. The summed E-state index contributed by atoms with van der Waals surface area (Å²) in [7, 11) is 1.85. The number of nitrogens with one attached hydrogen (secondary N) is 1. The van der Waals surface area contributed by atoms with Gasteiger partial charge in [0.1, 0.15) is 11.2 Å². The summed E-state index contributed by atoms with van der Waals surface area (Å²) < 4.78 is 16.3. The summed E-state index contributed by atoms with van der Waals surface area (Å²) in [6, 6.07) is 1.10. The highest BCUT2D eigenvalue weighted by Gasteiger charge is 2.39. The van der Waals surface area contributed by atoms with Gasteiger partial charge in [-0.3, -0.25) is 4.79 Å². The minimum atomic E-state index is -1.34. The summed E-state index contributed by atoms with van der Waals surface area (Å²) in [5.41, 5.74) is -1.49. The van der Waals surface area contributed by atoms with Gasteiger partial charge in [0.15, 0.2) is 11.6 Å². The first-order valence-corrected chi connectivity index (χ1v) is 8.40. The molecule has 8 heteroatoms. The standard InChI is InChI=1S/C18H23FN4O3/c1-17(2,3)23-7-11(16(25)26)13(24)10-6-12(19)15(21-14(10)23)22-8-18(4,9-22)20-5/h6-7,20H,8-9H2,1-5H3,(H,25,26). The number of carbonyl (C=O) groups is 1. The van der Waals surface area contributed by atoms with E-state index >= 15 is 0 Å². The minimum absolute atomic E-state index is 0.0297. The molecule has 0 aromatic carbocycles. The molecule has 0 bridgehead atoms. The Labute approximate surface area is 150 Å². The van der Waals surface area contributed by atoms with E-state index in [2.05, 4.69) is 10.3 Å². The van der Waals surface area contributed by atoms with E-state index in [1.54, 1.807) is 9.47 Å². The number of pyridine rings is 2. The van der Waals surface area contributed by atoms with Crippen molar-refractivity contribution >= 4 is 22.8 Å². The number of hydrogen-bond donors (Lipinski definition) is 2. The molecule has 3 rings (SSSR count). The van der Waals surface area contributed by atoms with E-state index in [9.17, 15) is 19.1 Å². The zero-order chi connectivity index (χ0) is 19.4. The van der Waals surface area contributed by atoms with E-state index in [1.807, 2.05) is 34.7 Å². The average molecular weight is 362 g/mol. The molecule has 2 aromatic rings. The van der Waals surface area contributed by atoms with Crippen molar-refractivity contribution in [2.24, 2.45) is 0 Å². The second kappa shape index (κ2) is 5.77. The van der Waals surface area contributed by atoms with Crippen LogP contribution in [0.3, 0.4) is 0 Å². The molecule has 140 valence electrons. The Morgan fingerprint density at radius 3 is 2.50 bits per heavy atom. The Kier molecular flexibility index (Phi) is 4.06. The fourth-order valence-electron chi connectivity index (χ4n) is 3.20. The molecule has 0 aliphatic carbocycles. The lowest BCUT2D eigenvalue weighted by Gasteiger charge is -2.48. The highest BCUT2D eigenvalue weighted by molar-refractivity contribution is 5.92. The molecule has 0 unspecified atom stereocenters. The van der Waals surface area contributed by atoms with Crippen LogP contribution in [0.1, 0.15) is 38.1 Å². The quantitative estimate of drug-likeness (QED) is 0.866. The number of fused-ring (bicyclic) bond motifs is 1. The molecule has 0 radical (unpaired) electrons. The molecule has 0 atom stereocenters. The molecular formula is C18H23FN4O3. The molecule has 2 aromatic heterocycles. The molecule has 1 aliphatic heterocycles. The van der Waals surface area contributed by atoms with E-state index in [-0.39, 0.29) is 22.4 Å². The molecule has 26 heavy (non-hydrogen) atoms. The normalized spacial score (nSPS) is 16.6. The lowest BCUT2D eigenvalue weighted by molar-refractivity contribution is 0.0694. The van der Waals surface area contributed by atoms with Crippen LogP contribution in [0, 0.1) is 5.82 Å². The van der Waals surface area contributed by atoms with Crippen molar-refractivity contribution in [1.82, 2.24) is 14.9 Å². The minimum Gasteiger partial charge on any atom is -0.477 e. The Balaban J connectivity index is 2.25. The average Bonchev–Trinajstić information content (AvgIpc) is 2.51. The van der Waals surface area contributed by atoms with Crippen molar-refractivity contribution in [2.75, 3.05) is 25.0 Å². The van der Waals surface area contributed by atoms with Gasteiger partial charge in [-0.25, -0.2) is 14.2 Å². The smallest absolute Gasteiger partial charge is 0.341 e. The second-order valence-corrected chi connectivity index (χ2v) is 8.05. The molecule has 1 saturated heterocycles. The highest BCUT2D eigenvalue weighted by atomic mass is 19.1. The third-order valence-corrected chi connectivity index (χ3v) is 4.85. The van der Waals surface area contributed by atoms with Crippen molar-refractivity contribution in [3.63, 3.8) is 0 Å². The molecule has 2 N–H and O–H groups in total. The Bertz CT molecular complexity index is 956. The Morgan fingerprint density at radius 2 is 2.00 bits per heavy atom. The van der Waals surface area contributed by atoms with Crippen molar-refractivity contribution in [3.8, 4) is 0 Å². The number of likely N-dealkylation sites (N-methyl/N-ethyl adjacent to an activating group) is 1. The fourth-order valence-corrected chi connectivity index (χ4v) is 3.20. The van der Waals surface area contributed by atoms with Crippen LogP contribution in [-0.2, 0) is 5.54 Å². The third-order valence-electron chi connectivity index (χ3n) is 4.85. The molecule has 0 spiro atoms. The SMILES string of the molecule is CNC1(C)CN(c2nc3c(cc2F)c(=O)c(C(=O)O)cn3C(C)(C)C)C1. The van der Waals surface area contributed by atoms with Gasteiger partial charge in [-0.05, 0) is 40.8 Å². The van der Waals surface area contributed by atoms with Gasteiger partial charge < -0.3 is 19.9 Å². The van der Waals surface area contributed by atoms with Crippen LogP contribution < -0.4 is 15.6 Å². The number of carboxylic acid groups (broad SMARTS) is 1. The van der Waals surface area contributed by atoms with Gasteiger partial charge in [0.25, 0.3) is 0 Å². The maximum absolute atomic E-state index is 14.7. The summed E-state index contributed by atoms with van der Waals surface area (Å²) in [5.74, 6) is -1.80. The predicted octanol–water partition coefficient (Wildman–Crippen LogP) is 1.79. The van der Waals surface area contributed by atoms with Gasteiger partial charge in [0, 0.05) is 24.8 Å². The van der Waals surface area contributed by atoms with Crippen LogP contribution in [0.2, 0.25) is 0 Å². The highest BCUT2D eigenvalue weighted by Crippen LogP contribution is 2.30. The monoisotopic (exact) mass is 362 g/mol. The van der Waals surface area contributed by atoms with Gasteiger partial charge in [0.2, 0.25) is 5.43 Å². The zero-order valence-electron chi connectivity index (χ0n) is 15.6. The number of anilines is 1. The number of aromatic nitrogens is 2. The molecule has 0 saturated carbocycles. The van der Waals surface area contributed by atoms with Crippen molar-refractivity contribution < 1.29 is 14.3 Å². The molecular weight excluding hydrogens is 339 g/mol. The number of hydrogen-bond acceptors (Lipinski definition) is 5. The van der Waals surface area contributed by atoms with Crippen molar-refractivity contribution in [1.29, 1.82) is 0 Å². The summed E-state index contributed by atoms with van der Waals surface area (Å²) in [6.07, 6.45) is 1.29. The largest absolute Gasteiger partial charge is 0.477 e. The van der Waals surface area contributed by atoms with Crippen LogP contribution >= 0.6 is 0 Å². The van der Waals surface area contributed by atoms with Gasteiger partial charge >= 0.3 is 5.97 Å². The summed E-state index contributed by atoms with van der Waals surface area (Å²) in [5, 5.41) is 12.5. The number of carboxylic acids is 1. The summed E-state index contributed by atoms with van der Waals surface area (Å²) in [4.78, 5) is 30.1. The molecule has 1 aliphatic rings. The lowest BCUT2D eigenvalue weighted by Crippen LogP contribution is -2.67. The van der Waals surface area contributed by atoms with Crippen LogP contribution in [0.15, 0.2) is 17.1 Å². The molecule has 7 nitrogen and oxygen atoms in total. The van der Waals surface area contributed by atoms with E-state index in [0.717, 1.165) is 6.07 Å². The maximum Gasteiger partial charge on any atom is 0.341 e. The van der Waals surface area contributed by atoms with Gasteiger partial charge in [-0.1, -0.05) is 0 Å². The first-order chi connectivity index (χ1) is 12.0. The molecule has 0 amide bonds. The second-order valence-electron chi connectivity index (χ2n) is 8.05. The van der Waals surface area contributed by atoms with E-state index in [1.165, 1.54) is 6.20 Å². The number of halogens is 1. The summed E-state index contributed by atoms with van der Waals surface area (Å²) >= 11 is 0. The Hall–Kier alpha value is -2.48. The number of aromatic carboxylic acids is 1. The van der Waals surface area contributed by atoms with E-state index in [0.29, 0.717) is 13.1 Å². The zero-order valence-corrected chi connectivity index (χ0v) is 15.6. The summed E-state index contributed by atoms with van der Waals surface area (Å²) in [6.45, 7) is 8.82. The third kappa shape index (κ3) is 2.84. The first-order valence-electron chi connectivity index (χ1n) is 8.40. The van der Waals surface area contributed by atoms with Crippen LogP contribution in [0.4, 0.5) is 10.2 Å². The molecule has 3 heterocycles. The van der Waals surface area contributed by atoms with Gasteiger partial charge in [-0.2, -0.15) is 0 Å². The van der Waals surface area contributed by atoms with Crippen LogP contribution in [0.5, 0.6) is 0 Å². The predicted molar refractivity (Wildman–Crippen MR) is 97.6 cm³/mol. The lowest BCUT2D eigenvalue weighted by atomic mass is 9.92. The number of nitrogens with zero attached hydrogens (tertiary/aromatic N) is 3. The van der Waals surface area contributed by atoms with Crippen molar-refractivity contribution in [2.45, 2.75) is 38.8 Å². The van der Waals surface area contributed by atoms with Gasteiger partial charge in [0.05, 0.1) is 10.9 Å². The fraction of sp³-hybridized carbons (Fsp3) is 0.500. The molecule has 1 fully saturated rings. The van der Waals surface area contributed by atoms with E-state index < -0.39 is 28.3 Å². The topological polar surface area (TPSA) is 87.5 Å². The first kappa shape index (κ1) is 18.3. The van der Waals surface area contributed by atoms with Crippen LogP contribution in [0.25, 0.3) is 11.0 Å². The van der Waals surface area contributed by atoms with Gasteiger partial charge in [-0.15, -0.1) is 0 Å². The van der Waals surface area contributed by atoms with Crippen molar-refractivity contribution in [3.05, 3.63) is 33.9 Å².